The Morgan fingerprint density at radius 2 is 2.10 bits per heavy atom. The molecule has 0 saturated carbocycles. The molecule has 1 heterocycles. The minimum atomic E-state index is -0.279. The fourth-order valence-electron chi connectivity index (χ4n) is 1.62. The minimum absolute atomic E-state index is 0.0753. The van der Waals surface area contributed by atoms with Crippen LogP contribution >= 0.6 is 11.8 Å². The first-order valence-corrected chi connectivity index (χ1v) is 7.68. The lowest BCUT2D eigenvalue weighted by Crippen LogP contribution is -2.17. The Morgan fingerprint density at radius 3 is 2.76 bits per heavy atom. The summed E-state index contributed by atoms with van der Waals surface area (Å²) >= 11 is 1.21. The van der Waals surface area contributed by atoms with Gasteiger partial charge < -0.3 is 10.6 Å². The van der Waals surface area contributed by atoms with Crippen LogP contribution in [0, 0.1) is 0 Å². The molecule has 0 amide bonds. The van der Waals surface area contributed by atoms with E-state index in [1.54, 1.807) is 0 Å². The van der Waals surface area contributed by atoms with E-state index >= 15 is 0 Å². The second kappa shape index (κ2) is 7.12. The van der Waals surface area contributed by atoms with Gasteiger partial charge in [0.15, 0.2) is 5.82 Å². The van der Waals surface area contributed by atoms with Crippen molar-refractivity contribution >= 4 is 17.7 Å². The van der Waals surface area contributed by atoms with Gasteiger partial charge in [-0.1, -0.05) is 49.0 Å². The standard InChI is InChI=1S/C14H18N4O2S/c1-3-10(2)20-12(19)9-21-14-17-16-13(18(14)15)11-7-5-4-6-8-11/h4-8,10H,3,9,15H2,1-2H3/t10-/m1/s1. The molecule has 2 rings (SSSR count). The van der Waals surface area contributed by atoms with Gasteiger partial charge in [-0.05, 0) is 13.3 Å². The predicted molar refractivity (Wildman–Crippen MR) is 82.2 cm³/mol. The largest absolute Gasteiger partial charge is 0.462 e. The van der Waals surface area contributed by atoms with E-state index < -0.39 is 0 Å². The molecule has 0 radical (unpaired) electrons. The van der Waals surface area contributed by atoms with Crippen molar-refractivity contribution in [2.24, 2.45) is 0 Å². The van der Waals surface area contributed by atoms with Crippen molar-refractivity contribution in [1.29, 1.82) is 0 Å². The van der Waals surface area contributed by atoms with E-state index in [9.17, 15) is 4.79 Å². The summed E-state index contributed by atoms with van der Waals surface area (Å²) in [7, 11) is 0. The van der Waals surface area contributed by atoms with Crippen LogP contribution in [0.3, 0.4) is 0 Å². The van der Waals surface area contributed by atoms with Gasteiger partial charge in [0.2, 0.25) is 5.16 Å². The number of hydrogen-bond acceptors (Lipinski definition) is 6. The van der Waals surface area contributed by atoms with E-state index in [0.29, 0.717) is 11.0 Å². The molecular weight excluding hydrogens is 288 g/mol. The molecule has 0 aliphatic rings. The van der Waals surface area contributed by atoms with Crippen molar-refractivity contribution in [3.8, 4) is 11.4 Å². The van der Waals surface area contributed by atoms with E-state index in [-0.39, 0.29) is 17.8 Å². The number of nitrogens with zero attached hydrogens (tertiary/aromatic N) is 3. The maximum absolute atomic E-state index is 11.6. The van der Waals surface area contributed by atoms with E-state index in [2.05, 4.69) is 10.2 Å². The molecule has 7 heteroatoms. The average molecular weight is 306 g/mol. The number of nitrogens with two attached hydrogens (primary N) is 1. The van der Waals surface area contributed by atoms with E-state index in [0.717, 1.165) is 12.0 Å². The highest BCUT2D eigenvalue weighted by Gasteiger charge is 2.14. The number of nitrogen functional groups attached to an aromatic ring is 1. The Kier molecular flexibility index (Phi) is 5.21. The van der Waals surface area contributed by atoms with Gasteiger partial charge in [-0.2, -0.15) is 0 Å². The number of ether oxygens (including phenoxy) is 1. The Morgan fingerprint density at radius 1 is 1.38 bits per heavy atom. The third kappa shape index (κ3) is 3.98. The first-order chi connectivity index (χ1) is 10.1. The molecule has 2 aromatic rings. The Hall–Kier alpha value is -2.02. The monoisotopic (exact) mass is 306 g/mol. The van der Waals surface area contributed by atoms with Gasteiger partial charge in [0.25, 0.3) is 0 Å². The molecule has 6 nitrogen and oxygen atoms in total. The van der Waals surface area contributed by atoms with Gasteiger partial charge in [-0.15, -0.1) is 10.2 Å². The molecule has 0 fully saturated rings. The molecule has 2 N–H and O–H groups in total. The predicted octanol–water partition coefficient (Wildman–Crippen LogP) is 2.09. The summed E-state index contributed by atoms with van der Waals surface area (Å²) in [4.78, 5) is 11.6. The molecule has 1 aromatic heterocycles. The number of benzene rings is 1. The van der Waals surface area contributed by atoms with Crippen LogP contribution in [-0.4, -0.2) is 32.7 Å². The molecule has 1 atom stereocenters. The van der Waals surface area contributed by atoms with Gasteiger partial charge in [-0.25, -0.2) is 4.68 Å². The minimum Gasteiger partial charge on any atom is -0.462 e. The normalized spacial score (nSPS) is 12.1. The lowest BCUT2D eigenvalue weighted by atomic mass is 10.2. The number of carbonyl (C=O) groups is 1. The van der Waals surface area contributed by atoms with Crippen molar-refractivity contribution in [1.82, 2.24) is 14.9 Å². The third-order valence-corrected chi connectivity index (χ3v) is 3.84. The quantitative estimate of drug-likeness (QED) is 0.500. The van der Waals surface area contributed by atoms with Gasteiger partial charge in [0, 0.05) is 5.56 Å². The summed E-state index contributed by atoms with van der Waals surface area (Å²) in [5, 5.41) is 8.54. The molecule has 0 saturated heterocycles. The lowest BCUT2D eigenvalue weighted by Gasteiger charge is -2.10. The third-order valence-electron chi connectivity index (χ3n) is 2.92. The summed E-state index contributed by atoms with van der Waals surface area (Å²) < 4.78 is 6.58. The Bertz CT molecular complexity index is 600. The zero-order valence-corrected chi connectivity index (χ0v) is 12.8. The number of aromatic nitrogens is 3. The molecule has 0 aliphatic heterocycles. The van der Waals surface area contributed by atoms with Gasteiger partial charge in [0.1, 0.15) is 0 Å². The Balaban J connectivity index is 2.00. The van der Waals surface area contributed by atoms with E-state index in [1.165, 1.54) is 16.4 Å². The second-order valence-electron chi connectivity index (χ2n) is 4.54. The average Bonchev–Trinajstić information content (AvgIpc) is 2.87. The highest BCUT2D eigenvalue weighted by molar-refractivity contribution is 7.99. The SMILES string of the molecule is CC[C@@H](C)OC(=O)CSc1nnc(-c2ccccc2)n1N. The van der Waals surface area contributed by atoms with Crippen molar-refractivity contribution in [3.05, 3.63) is 30.3 Å². The van der Waals surface area contributed by atoms with Crippen molar-refractivity contribution in [2.45, 2.75) is 31.5 Å². The second-order valence-corrected chi connectivity index (χ2v) is 5.48. The number of carbonyl (C=O) groups excluding carboxylic acids is 1. The smallest absolute Gasteiger partial charge is 0.316 e. The Labute approximate surface area is 127 Å². The van der Waals surface area contributed by atoms with Crippen LogP contribution in [-0.2, 0) is 9.53 Å². The number of hydrogen-bond donors (Lipinski definition) is 1. The van der Waals surface area contributed by atoms with Crippen LogP contribution < -0.4 is 5.84 Å². The summed E-state index contributed by atoms with van der Waals surface area (Å²) in [6, 6.07) is 9.53. The van der Waals surface area contributed by atoms with Crippen LogP contribution in [0.2, 0.25) is 0 Å². The summed E-state index contributed by atoms with van der Waals surface area (Å²) in [5.41, 5.74) is 0.876. The van der Waals surface area contributed by atoms with Gasteiger partial charge >= 0.3 is 5.97 Å². The van der Waals surface area contributed by atoms with Crippen molar-refractivity contribution in [3.63, 3.8) is 0 Å². The molecule has 21 heavy (non-hydrogen) atoms. The summed E-state index contributed by atoms with van der Waals surface area (Å²) in [6.45, 7) is 3.83. The number of rotatable bonds is 6. The summed E-state index contributed by atoms with van der Waals surface area (Å²) in [6.07, 6.45) is 0.718. The molecule has 112 valence electrons. The van der Waals surface area contributed by atoms with Crippen LogP contribution in [0.15, 0.2) is 35.5 Å². The van der Waals surface area contributed by atoms with Crippen LogP contribution in [0.5, 0.6) is 0 Å². The summed E-state index contributed by atoms with van der Waals surface area (Å²) in [5.74, 6) is 6.41. The van der Waals surface area contributed by atoms with Crippen LogP contribution in [0.4, 0.5) is 0 Å². The highest BCUT2D eigenvalue weighted by atomic mass is 32.2. The fourth-order valence-corrected chi connectivity index (χ4v) is 2.26. The number of esters is 1. The lowest BCUT2D eigenvalue weighted by molar-refractivity contribution is -0.144. The van der Waals surface area contributed by atoms with Gasteiger partial charge in [0.05, 0.1) is 11.9 Å². The topological polar surface area (TPSA) is 83.0 Å². The zero-order chi connectivity index (χ0) is 15.2. The molecular formula is C14H18N4O2S. The first-order valence-electron chi connectivity index (χ1n) is 6.70. The molecule has 0 aliphatic carbocycles. The molecule has 0 bridgehead atoms. The van der Waals surface area contributed by atoms with E-state index in [4.69, 9.17) is 10.6 Å². The molecule has 0 spiro atoms. The number of thioether (sulfide) groups is 1. The first kappa shape index (κ1) is 15.4. The zero-order valence-electron chi connectivity index (χ0n) is 12.0. The maximum Gasteiger partial charge on any atom is 0.316 e. The van der Waals surface area contributed by atoms with Gasteiger partial charge in [-0.3, -0.25) is 4.79 Å². The molecule has 0 unspecified atom stereocenters. The van der Waals surface area contributed by atoms with Crippen molar-refractivity contribution < 1.29 is 9.53 Å². The van der Waals surface area contributed by atoms with Crippen LogP contribution in [0.1, 0.15) is 20.3 Å². The highest BCUT2D eigenvalue weighted by Crippen LogP contribution is 2.21. The van der Waals surface area contributed by atoms with Crippen LogP contribution in [0.25, 0.3) is 11.4 Å². The van der Waals surface area contributed by atoms with Crippen molar-refractivity contribution in [2.75, 3.05) is 11.6 Å². The fraction of sp³-hybridized carbons (Fsp3) is 0.357. The maximum atomic E-state index is 11.6. The van der Waals surface area contributed by atoms with E-state index in [1.807, 2.05) is 44.2 Å². The molecule has 1 aromatic carbocycles.